The van der Waals surface area contributed by atoms with Crippen molar-refractivity contribution < 1.29 is 23.1 Å². The third-order valence-electron chi connectivity index (χ3n) is 2.94. The van der Waals surface area contributed by atoms with Crippen molar-refractivity contribution in [2.24, 2.45) is 0 Å². The van der Waals surface area contributed by atoms with Crippen molar-refractivity contribution in [2.45, 2.75) is 4.90 Å². The van der Waals surface area contributed by atoms with Crippen molar-refractivity contribution in [1.82, 2.24) is 4.98 Å². The number of carbonyl (C=O) groups is 1. The van der Waals surface area contributed by atoms with Gasteiger partial charge >= 0.3 is 5.97 Å². The number of carboxylic acid groups (broad SMARTS) is 1. The molecule has 8 heteroatoms. The van der Waals surface area contributed by atoms with Gasteiger partial charge in [0.15, 0.2) is 16.4 Å². The molecule has 7 nitrogen and oxygen atoms in total. The van der Waals surface area contributed by atoms with Crippen LogP contribution in [-0.2, 0) is 14.6 Å². The van der Waals surface area contributed by atoms with Crippen LogP contribution < -0.4 is 4.74 Å². The number of ether oxygens (including phenoxy) is 1. The monoisotopic (exact) mass is 356 g/mol. The number of aliphatic carboxylic acids is 1. The molecular weight excluding hydrogens is 344 g/mol. The van der Waals surface area contributed by atoms with E-state index in [1.165, 1.54) is 36.7 Å². The Morgan fingerprint density at radius 3 is 2.64 bits per heavy atom. The fourth-order valence-electron chi connectivity index (χ4n) is 1.79. The van der Waals surface area contributed by atoms with Crippen molar-refractivity contribution in [3.8, 4) is 23.7 Å². The molecule has 126 valence electrons. The quantitative estimate of drug-likeness (QED) is 0.818. The lowest BCUT2D eigenvalue weighted by Crippen LogP contribution is -2.10. The third-order valence-corrected chi connectivity index (χ3v) is 4.02. The number of rotatable bonds is 4. The molecule has 0 spiro atoms. The fourth-order valence-corrected chi connectivity index (χ4v) is 2.39. The molecule has 1 N–H and O–H groups in total. The molecular formula is C17H12N2O5S. The van der Waals surface area contributed by atoms with Crippen molar-refractivity contribution in [3.63, 3.8) is 0 Å². The van der Waals surface area contributed by atoms with Gasteiger partial charge in [0.05, 0.1) is 22.1 Å². The lowest BCUT2D eigenvalue weighted by Gasteiger charge is -2.06. The Labute approximate surface area is 144 Å². The van der Waals surface area contributed by atoms with Gasteiger partial charge in [-0.15, -0.1) is 0 Å². The van der Waals surface area contributed by atoms with Crippen molar-refractivity contribution in [3.05, 3.63) is 53.3 Å². The van der Waals surface area contributed by atoms with Crippen molar-refractivity contribution >= 4 is 15.8 Å². The summed E-state index contributed by atoms with van der Waals surface area (Å²) in [7, 11) is -3.41. The number of benzene rings is 1. The molecule has 0 amide bonds. The minimum absolute atomic E-state index is 0.0347. The summed E-state index contributed by atoms with van der Waals surface area (Å²) in [5.41, 5.74) is 0.995. The van der Waals surface area contributed by atoms with Crippen LogP contribution >= 0.6 is 0 Å². The summed E-state index contributed by atoms with van der Waals surface area (Å²) in [6, 6.07) is 7.72. The minimum Gasteiger partial charge on any atom is -0.481 e. The van der Waals surface area contributed by atoms with Gasteiger partial charge in [-0.2, -0.15) is 5.26 Å². The van der Waals surface area contributed by atoms with E-state index in [1.54, 1.807) is 0 Å². The Balaban J connectivity index is 2.42. The first-order chi connectivity index (χ1) is 11.8. The Morgan fingerprint density at radius 1 is 1.24 bits per heavy atom. The highest BCUT2D eigenvalue weighted by Gasteiger charge is 2.08. The molecule has 0 unspecified atom stereocenters. The largest absolute Gasteiger partial charge is 0.481 e. The zero-order chi connectivity index (χ0) is 18.4. The van der Waals surface area contributed by atoms with E-state index in [4.69, 9.17) is 15.1 Å². The van der Waals surface area contributed by atoms with Gasteiger partial charge in [-0.05, 0) is 24.3 Å². The molecule has 1 aromatic heterocycles. The second-order valence-electron chi connectivity index (χ2n) is 4.94. The third kappa shape index (κ3) is 5.06. The first kappa shape index (κ1) is 18.0. The van der Waals surface area contributed by atoms with E-state index in [9.17, 15) is 13.2 Å². The average Bonchev–Trinajstić information content (AvgIpc) is 2.57. The summed E-state index contributed by atoms with van der Waals surface area (Å²) in [4.78, 5) is 14.5. The molecule has 1 heterocycles. The summed E-state index contributed by atoms with van der Waals surface area (Å²) in [5, 5.41) is 17.7. The highest BCUT2D eigenvalue weighted by atomic mass is 32.2. The first-order valence-corrected chi connectivity index (χ1v) is 8.74. The number of hydrogen-bond acceptors (Lipinski definition) is 6. The molecule has 0 radical (unpaired) electrons. The second kappa shape index (κ2) is 7.47. The van der Waals surface area contributed by atoms with Crippen molar-refractivity contribution in [2.75, 3.05) is 12.9 Å². The Bertz CT molecular complexity index is 1030. The first-order valence-electron chi connectivity index (χ1n) is 6.85. The van der Waals surface area contributed by atoms with E-state index in [1.807, 2.05) is 6.07 Å². The highest BCUT2D eigenvalue weighted by Crippen LogP contribution is 2.19. The van der Waals surface area contributed by atoms with E-state index < -0.39 is 22.4 Å². The Hall–Kier alpha value is -3.36. The maximum Gasteiger partial charge on any atom is 0.341 e. The summed E-state index contributed by atoms with van der Waals surface area (Å²) in [6.45, 7) is -0.550. The summed E-state index contributed by atoms with van der Waals surface area (Å²) < 4.78 is 28.2. The van der Waals surface area contributed by atoms with E-state index in [2.05, 4.69) is 16.8 Å². The smallest absolute Gasteiger partial charge is 0.341 e. The number of carboxylic acids is 1. The van der Waals surface area contributed by atoms with Crippen LogP contribution in [0.5, 0.6) is 5.75 Å². The lowest BCUT2D eigenvalue weighted by atomic mass is 10.1. The van der Waals surface area contributed by atoms with Crippen molar-refractivity contribution in [1.29, 1.82) is 5.26 Å². The van der Waals surface area contributed by atoms with Crippen LogP contribution in [0.25, 0.3) is 0 Å². The van der Waals surface area contributed by atoms with Crippen LogP contribution in [0.1, 0.15) is 16.7 Å². The molecule has 0 bridgehead atoms. The van der Waals surface area contributed by atoms with Gasteiger partial charge in [0.1, 0.15) is 5.75 Å². The lowest BCUT2D eigenvalue weighted by molar-refractivity contribution is -0.139. The molecule has 0 aliphatic carbocycles. The van der Waals surface area contributed by atoms with E-state index >= 15 is 0 Å². The van der Waals surface area contributed by atoms with Gasteiger partial charge in [-0.3, -0.25) is 4.98 Å². The number of nitrogens with zero attached hydrogens (tertiary/aromatic N) is 2. The summed E-state index contributed by atoms with van der Waals surface area (Å²) >= 11 is 0. The Kier molecular flexibility index (Phi) is 5.38. The van der Waals surface area contributed by atoms with Crippen LogP contribution in [0.3, 0.4) is 0 Å². The zero-order valence-electron chi connectivity index (χ0n) is 13.1. The minimum atomic E-state index is -3.41. The predicted molar refractivity (Wildman–Crippen MR) is 87.6 cm³/mol. The number of sulfone groups is 1. The maximum absolute atomic E-state index is 11.5. The molecule has 0 aliphatic rings. The molecule has 0 atom stereocenters. The van der Waals surface area contributed by atoms with E-state index in [0.717, 1.165) is 6.26 Å². The molecule has 25 heavy (non-hydrogen) atoms. The highest BCUT2D eigenvalue weighted by molar-refractivity contribution is 7.90. The molecule has 0 aliphatic heterocycles. The second-order valence-corrected chi connectivity index (χ2v) is 6.95. The maximum atomic E-state index is 11.5. The summed E-state index contributed by atoms with van der Waals surface area (Å²) in [6.07, 6.45) is 3.68. The molecule has 2 aromatic rings. The Morgan fingerprint density at radius 2 is 2.00 bits per heavy atom. The molecule has 0 fully saturated rings. The normalized spacial score (nSPS) is 10.2. The summed E-state index contributed by atoms with van der Waals surface area (Å²) in [5.74, 6) is 4.56. The molecule has 0 saturated heterocycles. The van der Waals surface area contributed by atoms with E-state index in [-0.39, 0.29) is 10.6 Å². The zero-order valence-corrected chi connectivity index (χ0v) is 13.9. The van der Waals surface area contributed by atoms with Crippen LogP contribution in [0.15, 0.2) is 41.6 Å². The van der Waals surface area contributed by atoms with Gasteiger partial charge < -0.3 is 9.84 Å². The number of aromatic nitrogens is 1. The molecule has 0 saturated carbocycles. The van der Waals surface area contributed by atoms with Crippen LogP contribution in [-0.4, -0.2) is 37.3 Å². The fraction of sp³-hybridized carbons (Fsp3) is 0.118. The molecule has 1 aromatic carbocycles. The van der Waals surface area contributed by atoms with Gasteiger partial charge in [0, 0.05) is 24.2 Å². The van der Waals surface area contributed by atoms with Gasteiger partial charge in [-0.25, -0.2) is 13.2 Å². The topological polar surface area (TPSA) is 117 Å². The standard InChI is InChI=1S/C17H12N2O5S/c1-25(22,23)15-7-13(9-19-10-15)2-4-14-6-12(8-18)3-5-16(14)24-11-17(20)21/h3,5-7,9-10H,11H2,1H3,(H,20,21). The number of nitriles is 1. The SMILES string of the molecule is CS(=O)(=O)c1cncc(C#Cc2cc(C#N)ccc2OCC(=O)O)c1. The number of pyridine rings is 1. The molecule has 2 rings (SSSR count). The van der Waals surface area contributed by atoms with Crippen LogP contribution in [0, 0.1) is 23.2 Å². The van der Waals surface area contributed by atoms with Gasteiger partial charge in [0.2, 0.25) is 0 Å². The van der Waals surface area contributed by atoms with Crippen LogP contribution in [0.4, 0.5) is 0 Å². The van der Waals surface area contributed by atoms with E-state index in [0.29, 0.717) is 16.7 Å². The van der Waals surface area contributed by atoms with Gasteiger partial charge in [-0.1, -0.05) is 11.8 Å². The van der Waals surface area contributed by atoms with Crippen LogP contribution in [0.2, 0.25) is 0 Å². The average molecular weight is 356 g/mol. The number of hydrogen-bond donors (Lipinski definition) is 1. The predicted octanol–water partition coefficient (Wildman–Crippen LogP) is 1.22. The van der Waals surface area contributed by atoms with Gasteiger partial charge in [0.25, 0.3) is 0 Å².